The number of nitrogens with one attached hydrogen (secondary N) is 1. The maximum Gasteiger partial charge on any atom is 0.215 e. The van der Waals surface area contributed by atoms with Gasteiger partial charge in [-0.05, 0) is 24.3 Å². The fourth-order valence-corrected chi connectivity index (χ4v) is 4.55. The van der Waals surface area contributed by atoms with E-state index in [0.717, 1.165) is 22.9 Å². The molecule has 2 rings (SSSR count). The number of hydrogen-bond acceptors (Lipinski definition) is 5. The van der Waals surface area contributed by atoms with E-state index in [0.29, 0.717) is 13.1 Å². The lowest BCUT2D eigenvalue weighted by Crippen LogP contribution is -2.40. The molecule has 1 aliphatic rings. The molecular weight excluding hydrogens is 336 g/mol. The summed E-state index contributed by atoms with van der Waals surface area (Å²) in [4.78, 5) is 4.08. The summed E-state index contributed by atoms with van der Waals surface area (Å²) in [5, 5.41) is 2.92. The van der Waals surface area contributed by atoms with Crippen LogP contribution in [0.5, 0.6) is 5.75 Å². The van der Waals surface area contributed by atoms with Gasteiger partial charge in [0, 0.05) is 30.3 Å². The van der Waals surface area contributed by atoms with E-state index in [1.807, 2.05) is 12.1 Å². The molecule has 0 bridgehead atoms. The Bertz CT molecular complexity index is 626. The van der Waals surface area contributed by atoms with E-state index in [-0.39, 0.29) is 18.3 Å². The number of thioether (sulfide) groups is 1. The number of benzene rings is 1. The molecule has 0 saturated carbocycles. The van der Waals surface area contributed by atoms with Crippen molar-refractivity contribution < 1.29 is 13.2 Å². The Balaban J connectivity index is 1.83. The molecule has 0 amide bonds. The average molecular weight is 358 g/mol. The highest BCUT2D eigenvalue weighted by molar-refractivity contribution is 7.99. The molecule has 3 N–H and O–H groups in total. The summed E-state index contributed by atoms with van der Waals surface area (Å²) in [6.45, 7) is 1.30. The molecule has 128 valence electrons. The van der Waals surface area contributed by atoms with Gasteiger partial charge in [-0.2, -0.15) is 11.8 Å². The second kappa shape index (κ2) is 8.42. The van der Waals surface area contributed by atoms with Crippen LogP contribution in [0.25, 0.3) is 0 Å². The zero-order valence-electron chi connectivity index (χ0n) is 13.1. The highest BCUT2D eigenvalue weighted by Gasteiger charge is 2.23. The molecule has 23 heavy (non-hydrogen) atoms. The minimum Gasteiger partial charge on any atom is -0.497 e. The van der Waals surface area contributed by atoms with Crippen LogP contribution in [-0.2, 0) is 10.0 Å². The Kier molecular flexibility index (Phi) is 6.55. The van der Waals surface area contributed by atoms with Crippen LogP contribution in [0.2, 0.25) is 0 Å². The number of sulfonamides is 1. The van der Waals surface area contributed by atoms with E-state index >= 15 is 0 Å². The monoisotopic (exact) mass is 358 g/mol. The van der Waals surface area contributed by atoms with E-state index in [1.165, 1.54) is 4.31 Å². The lowest BCUT2D eigenvalue weighted by molar-refractivity contribution is 0.415. The first-order valence-electron chi connectivity index (χ1n) is 7.28. The molecule has 1 aliphatic heterocycles. The zero-order chi connectivity index (χ0) is 16.7. The van der Waals surface area contributed by atoms with Gasteiger partial charge >= 0.3 is 0 Å². The highest BCUT2D eigenvalue weighted by atomic mass is 32.2. The molecule has 7 nitrogen and oxygen atoms in total. The van der Waals surface area contributed by atoms with Gasteiger partial charge in [-0.15, -0.1) is 0 Å². The minimum atomic E-state index is -3.25. The lowest BCUT2D eigenvalue weighted by Gasteiger charge is -2.25. The molecule has 1 fully saturated rings. The van der Waals surface area contributed by atoms with Crippen molar-refractivity contribution in [3.05, 3.63) is 24.3 Å². The Morgan fingerprint density at radius 3 is 2.61 bits per heavy atom. The molecule has 1 aromatic carbocycles. The zero-order valence-corrected chi connectivity index (χ0v) is 14.7. The van der Waals surface area contributed by atoms with Gasteiger partial charge in [-0.3, -0.25) is 4.99 Å². The van der Waals surface area contributed by atoms with Crippen molar-refractivity contribution in [3.63, 3.8) is 0 Å². The Morgan fingerprint density at radius 2 is 2.00 bits per heavy atom. The van der Waals surface area contributed by atoms with Gasteiger partial charge in [0.25, 0.3) is 0 Å². The van der Waals surface area contributed by atoms with Crippen molar-refractivity contribution in [2.75, 3.05) is 49.3 Å². The van der Waals surface area contributed by atoms with Crippen molar-refractivity contribution in [2.45, 2.75) is 0 Å². The van der Waals surface area contributed by atoms with Crippen LogP contribution in [0.15, 0.2) is 29.3 Å². The summed E-state index contributed by atoms with van der Waals surface area (Å²) in [7, 11) is -1.65. The largest absolute Gasteiger partial charge is 0.497 e. The minimum absolute atomic E-state index is 0.0251. The second-order valence-electron chi connectivity index (χ2n) is 4.95. The summed E-state index contributed by atoms with van der Waals surface area (Å²) in [5.74, 6) is 2.62. The third-order valence-electron chi connectivity index (χ3n) is 3.36. The number of nitrogens with zero attached hydrogens (tertiary/aromatic N) is 2. The average Bonchev–Trinajstić information content (AvgIpc) is 2.56. The first kappa shape index (κ1) is 17.9. The van der Waals surface area contributed by atoms with E-state index in [4.69, 9.17) is 10.5 Å². The molecule has 0 radical (unpaired) electrons. The van der Waals surface area contributed by atoms with Gasteiger partial charge < -0.3 is 15.8 Å². The van der Waals surface area contributed by atoms with Crippen LogP contribution >= 0.6 is 11.8 Å². The predicted octanol–water partition coefficient (Wildman–Crippen LogP) is 0.800. The summed E-state index contributed by atoms with van der Waals surface area (Å²) < 4.78 is 30.9. The number of nitrogens with two attached hydrogens (primary N) is 1. The molecule has 0 unspecified atom stereocenters. The second-order valence-corrected chi connectivity index (χ2v) is 8.26. The van der Waals surface area contributed by atoms with Crippen molar-refractivity contribution in [1.29, 1.82) is 0 Å². The van der Waals surface area contributed by atoms with E-state index in [9.17, 15) is 8.42 Å². The van der Waals surface area contributed by atoms with Gasteiger partial charge in [-0.25, -0.2) is 12.7 Å². The van der Waals surface area contributed by atoms with Crippen LogP contribution in [-0.4, -0.2) is 62.7 Å². The Labute approximate surface area is 141 Å². The van der Waals surface area contributed by atoms with Crippen molar-refractivity contribution >= 4 is 33.4 Å². The number of methoxy groups -OCH3 is 1. The van der Waals surface area contributed by atoms with Crippen molar-refractivity contribution in [2.24, 2.45) is 10.7 Å². The van der Waals surface area contributed by atoms with Crippen LogP contribution < -0.4 is 15.8 Å². The normalized spacial score (nSPS) is 17.0. The predicted molar refractivity (Wildman–Crippen MR) is 95.8 cm³/mol. The highest BCUT2D eigenvalue weighted by Crippen LogP contribution is 2.15. The third kappa shape index (κ3) is 5.60. The summed E-state index contributed by atoms with van der Waals surface area (Å²) in [6.07, 6.45) is 0. The van der Waals surface area contributed by atoms with Crippen LogP contribution in [0.1, 0.15) is 0 Å². The SMILES string of the molecule is COc1ccc(NC(N)=NCCS(=O)(=O)N2CCSCC2)cc1. The number of ether oxygens (including phenoxy) is 1. The molecule has 0 aliphatic carbocycles. The first-order chi connectivity index (χ1) is 11.0. The molecule has 9 heteroatoms. The molecule has 1 heterocycles. The summed E-state index contributed by atoms with van der Waals surface area (Å²) in [6, 6.07) is 7.22. The standard InChI is InChI=1S/C14H22N4O3S2/c1-21-13-4-2-12(3-5-13)17-14(15)16-6-11-23(19,20)18-7-9-22-10-8-18/h2-5H,6-11H2,1H3,(H3,15,16,17). The fraction of sp³-hybridized carbons (Fsp3) is 0.500. The van der Waals surface area contributed by atoms with Crippen LogP contribution in [0.3, 0.4) is 0 Å². The third-order valence-corrected chi connectivity index (χ3v) is 6.15. The Morgan fingerprint density at radius 1 is 1.35 bits per heavy atom. The van der Waals surface area contributed by atoms with Crippen molar-refractivity contribution in [3.8, 4) is 5.75 Å². The van der Waals surface area contributed by atoms with E-state index in [1.54, 1.807) is 31.0 Å². The van der Waals surface area contributed by atoms with Gasteiger partial charge in [0.2, 0.25) is 10.0 Å². The van der Waals surface area contributed by atoms with Gasteiger partial charge in [0.05, 0.1) is 19.4 Å². The van der Waals surface area contributed by atoms with Crippen LogP contribution in [0.4, 0.5) is 5.69 Å². The molecule has 0 atom stereocenters. The topological polar surface area (TPSA) is 97.0 Å². The number of hydrogen-bond donors (Lipinski definition) is 2. The van der Waals surface area contributed by atoms with Gasteiger partial charge in [0.15, 0.2) is 5.96 Å². The number of guanidine groups is 1. The number of rotatable bonds is 6. The molecule has 1 aromatic rings. The van der Waals surface area contributed by atoms with Crippen LogP contribution in [0, 0.1) is 0 Å². The quantitative estimate of drug-likeness (QED) is 0.577. The number of aliphatic imine (C=N–C) groups is 1. The molecule has 1 saturated heterocycles. The van der Waals surface area contributed by atoms with Gasteiger partial charge in [-0.1, -0.05) is 0 Å². The smallest absolute Gasteiger partial charge is 0.215 e. The van der Waals surface area contributed by atoms with Crippen molar-refractivity contribution in [1.82, 2.24) is 4.31 Å². The first-order valence-corrected chi connectivity index (χ1v) is 10.0. The van der Waals surface area contributed by atoms with E-state index in [2.05, 4.69) is 10.3 Å². The maximum absolute atomic E-state index is 12.2. The van der Waals surface area contributed by atoms with Gasteiger partial charge in [0.1, 0.15) is 5.75 Å². The Hall–Kier alpha value is -1.45. The maximum atomic E-state index is 12.2. The molecular formula is C14H22N4O3S2. The number of anilines is 1. The molecule has 0 spiro atoms. The lowest BCUT2D eigenvalue weighted by atomic mass is 10.3. The molecule has 0 aromatic heterocycles. The summed E-state index contributed by atoms with van der Waals surface area (Å²) >= 11 is 1.77. The fourth-order valence-electron chi connectivity index (χ4n) is 2.10. The summed E-state index contributed by atoms with van der Waals surface area (Å²) in [5.41, 5.74) is 6.55. The van der Waals surface area contributed by atoms with E-state index < -0.39 is 10.0 Å².